The SMILES string of the molecule is CC(=O)NCCCC(C)Br. The molecule has 60 valence electrons. The molecule has 1 atom stereocenters. The first-order valence-corrected chi connectivity index (χ1v) is 4.43. The molecule has 0 saturated heterocycles. The van der Waals surface area contributed by atoms with E-state index in [-0.39, 0.29) is 5.91 Å². The molecule has 0 spiro atoms. The lowest BCUT2D eigenvalue weighted by Crippen LogP contribution is -2.21. The van der Waals surface area contributed by atoms with Gasteiger partial charge in [0.05, 0.1) is 0 Å². The second-order valence-electron chi connectivity index (χ2n) is 2.41. The standard InChI is InChI=1S/C7H14BrNO/c1-6(8)4-3-5-9-7(2)10/h6H,3-5H2,1-2H3,(H,9,10). The molecule has 0 aromatic carbocycles. The van der Waals surface area contributed by atoms with Crippen LogP contribution in [0.2, 0.25) is 0 Å². The summed E-state index contributed by atoms with van der Waals surface area (Å²) in [6.45, 7) is 4.44. The molecule has 1 amide bonds. The number of carbonyl (C=O) groups is 1. The molecule has 1 N–H and O–H groups in total. The summed E-state index contributed by atoms with van der Waals surface area (Å²) in [6.07, 6.45) is 2.16. The maximum absolute atomic E-state index is 10.4. The van der Waals surface area contributed by atoms with Crippen molar-refractivity contribution in [2.24, 2.45) is 0 Å². The Morgan fingerprint density at radius 2 is 2.30 bits per heavy atom. The number of amides is 1. The predicted molar refractivity (Wildman–Crippen MR) is 46.3 cm³/mol. The van der Waals surface area contributed by atoms with Crippen LogP contribution in [0.25, 0.3) is 0 Å². The van der Waals surface area contributed by atoms with Crippen LogP contribution in [0.3, 0.4) is 0 Å². The van der Waals surface area contributed by atoms with Crippen LogP contribution in [0.1, 0.15) is 26.7 Å². The van der Waals surface area contributed by atoms with E-state index in [9.17, 15) is 4.79 Å². The second-order valence-corrected chi connectivity index (χ2v) is 3.97. The third-order valence-corrected chi connectivity index (χ3v) is 1.61. The fourth-order valence-electron chi connectivity index (χ4n) is 0.648. The van der Waals surface area contributed by atoms with E-state index in [0.29, 0.717) is 4.83 Å². The van der Waals surface area contributed by atoms with E-state index in [1.807, 2.05) is 0 Å². The third-order valence-electron chi connectivity index (χ3n) is 1.15. The summed E-state index contributed by atoms with van der Waals surface area (Å²) in [4.78, 5) is 10.9. The molecule has 0 bridgehead atoms. The van der Waals surface area contributed by atoms with Gasteiger partial charge in [-0.25, -0.2) is 0 Å². The molecule has 0 heterocycles. The predicted octanol–water partition coefficient (Wildman–Crippen LogP) is 1.69. The van der Waals surface area contributed by atoms with Crippen molar-refractivity contribution in [3.63, 3.8) is 0 Å². The normalized spacial score (nSPS) is 12.7. The van der Waals surface area contributed by atoms with Crippen LogP contribution in [0.5, 0.6) is 0 Å². The molecule has 0 aliphatic carbocycles. The number of hydrogen-bond acceptors (Lipinski definition) is 1. The van der Waals surface area contributed by atoms with Gasteiger partial charge >= 0.3 is 0 Å². The van der Waals surface area contributed by atoms with Gasteiger partial charge in [0.2, 0.25) is 5.91 Å². The Morgan fingerprint density at radius 3 is 2.70 bits per heavy atom. The van der Waals surface area contributed by atoms with Crippen LogP contribution in [0.4, 0.5) is 0 Å². The molecule has 0 fully saturated rings. The Morgan fingerprint density at radius 1 is 1.70 bits per heavy atom. The minimum absolute atomic E-state index is 0.0576. The quantitative estimate of drug-likeness (QED) is 0.552. The van der Waals surface area contributed by atoms with Crippen LogP contribution in [-0.4, -0.2) is 17.3 Å². The van der Waals surface area contributed by atoms with Crippen molar-refractivity contribution in [1.82, 2.24) is 5.32 Å². The summed E-state index contributed by atoms with van der Waals surface area (Å²) in [5.74, 6) is 0.0576. The van der Waals surface area contributed by atoms with Gasteiger partial charge in [0.25, 0.3) is 0 Å². The van der Waals surface area contributed by atoms with Gasteiger partial charge in [-0.2, -0.15) is 0 Å². The second kappa shape index (κ2) is 5.71. The Kier molecular flexibility index (Phi) is 5.69. The van der Waals surface area contributed by atoms with Crippen molar-refractivity contribution < 1.29 is 4.79 Å². The van der Waals surface area contributed by atoms with Gasteiger partial charge in [0.1, 0.15) is 0 Å². The van der Waals surface area contributed by atoms with Crippen LogP contribution in [0.15, 0.2) is 0 Å². The summed E-state index contributed by atoms with van der Waals surface area (Å²) in [7, 11) is 0. The maximum atomic E-state index is 10.4. The van der Waals surface area contributed by atoms with Crippen molar-refractivity contribution in [1.29, 1.82) is 0 Å². The molecule has 10 heavy (non-hydrogen) atoms. The van der Waals surface area contributed by atoms with Crippen LogP contribution in [0, 0.1) is 0 Å². The Labute approximate surface area is 70.5 Å². The van der Waals surface area contributed by atoms with Crippen LogP contribution >= 0.6 is 15.9 Å². The molecule has 0 aromatic heterocycles. The largest absolute Gasteiger partial charge is 0.356 e. The number of hydrogen-bond donors (Lipinski definition) is 1. The van der Waals surface area contributed by atoms with E-state index in [1.54, 1.807) is 0 Å². The molecule has 1 unspecified atom stereocenters. The van der Waals surface area contributed by atoms with Crippen molar-refractivity contribution in [2.75, 3.05) is 6.54 Å². The van der Waals surface area contributed by atoms with Gasteiger partial charge in [-0.05, 0) is 12.8 Å². The third kappa shape index (κ3) is 7.95. The first-order chi connectivity index (χ1) is 4.63. The molecule has 3 heteroatoms. The summed E-state index contributed by atoms with van der Waals surface area (Å²) in [5, 5.41) is 2.74. The number of nitrogens with one attached hydrogen (secondary N) is 1. The monoisotopic (exact) mass is 207 g/mol. The average molecular weight is 208 g/mol. The Bertz CT molecular complexity index is 104. The van der Waals surface area contributed by atoms with Crippen LogP contribution < -0.4 is 5.32 Å². The van der Waals surface area contributed by atoms with E-state index in [4.69, 9.17) is 0 Å². The van der Waals surface area contributed by atoms with Crippen LogP contribution in [-0.2, 0) is 4.79 Å². The molecule has 0 aliphatic rings. The van der Waals surface area contributed by atoms with E-state index in [2.05, 4.69) is 28.2 Å². The lowest BCUT2D eigenvalue weighted by atomic mass is 10.2. The lowest BCUT2D eigenvalue weighted by molar-refractivity contribution is -0.118. The van der Waals surface area contributed by atoms with Gasteiger partial charge in [0, 0.05) is 18.3 Å². The maximum Gasteiger partial charge on any atom is 0.216 e. The van der Waals surface area contributed by atoms with Crippen molar-refractivity contribution in [3.05, 3.63) is 0 Å². The molecular weight excluding hydrogens is 194 g/mol. The van der Waals surface area contributed by atoms with Crippen molar-refractivity contribution >= 4 is 21.8 Å². The number of carbonyl (C=O) groups excluding carboxylic acids is 1. The fourth-order valence-corrected chi connectivity index (χ4v) is 0.971. The number of halogens is 1. The van der Waals surface area contributed by atoms with Crippen molar-refractivity contribution in [2.45, 2.75) is 31.5 Å². The lowest BCUT2D eigenvalue weighted by Gasteiger charge is -2.02. The summed E-state index contributed by atoms with van der Waals surface area (Å²) in [5.41, 5.74) is 0. The van der Waals surface area contributed by atoms with Crippen molar-refractivity contribution in [3.8, 4) is 0 Å². The topological polar surface area (TPSA) is 29.1 Å². The Balaban J connectivity index is 2.98. The summed E-state index contributed by atoms with van der Waals surface area (Å²) >= 11 is 3.43. The number of alkyl halides is 1. The van der Waals surface area contributed by atoms with E-state index in [1.165, 1.54) is 6.92 Å². The highest BCUT2D eigenvalue weighted by Gasteiger charge is 1.95. The van der Waals surface area contributed by atoms with Gasteiger partial charge in [-0.3, -0.25) is 4.79 Å². The zero-order valence-corrected chi connectivity index (χ0v) is 8.07. The highest BCUT2D eigenvalue weighted by atomic mass is 79.9. The minimum Gasteiger partial charge on any atom is -0.356 e. The summed E-state index contributed by atoms with van der Waals surface area (Å²) < 4.78 is 0. The molecule has 0 aromatic rings. The first kappa shape index (κ1) is 9.95. The Hall–Kier alpha value is -0.0500. The van der Waals surface area contributed by atoms with E-state index < -0.39 is 0 Å². The molecular formula is C7H14BrNO. The van der Waals surface area contributed by atoms with E-state index in [0.717, 1.165) is 19.4 Å². The zero-order chi connectivity index (χ0) is 7.98. The van der Waals surface area contributed by atoms with Gasteiger partial charge in [0.15, 0.2) is 0 Å². The molecule has 2 nitrogen and oxygen atoms in total. The van der Waals surface area contributed by atoms with Gasteiger partial charge in [-0.1, -0.05) is 22.9 Å². The molecule has 0 aliphatic heterocycles. The zero-order valence-electron chi connectivity index (χ0n) is 6.48. The highest BCUT2D eigenvalue weighted by molar-refractivity contribution is 9.09. The van der Waals surface area contributed by atoms with Gasteiger partial charge < -0.3 is 5.32 Å². The molecule has 0 rings (SSSR count). The fraction of sp³-hybridized carbons (Fsp3) is 0.857. The smallest absolute Gasteiger partial charge is 0.216 e. The highest BCUT2D eigenvalue weighted by Crippen LogP contribution is 2.04. The van der Waals surface area contributed by atoms with Gasteiger partial charge in [-0.15, -0.1) is 0 Å². The molecule has 0 radical (unpaired) electrons. The number of rotatable bonds is 4. The molecule has 0 saturated carbocycles. The summed E-state index contributed by atoms with van der Waals surface area (Å²) in [6, 6.07) is 0. The van der Waals surface area contributed by atoms with E-state index >= 15 is 0 Å². The minimum atomic E-state index is 0.0576. The average Bonchev–Trinajstić information content (AvgIpc) is 1.79. The first-order valence-electron chi connectivity index (χ1n) is 3.51.